The summed E-state index contributed by atoms with van der Waals surface area (Å²) in [5.74, 6) is 0. The number of hydrogen-bond donors (Lipinski definition) is 3. The van der Waals surface area contributed by atoms with Crippen LogP contribution in [0.5, 0.6) is 0 Å². The Morgan fingerprint density at radius 2 is 2.20 bits per heavy atom. The fraction of sp³-hybridized carbons (Fsp3) is 0.143. The minimum atomic E-state index is -0.0275. The Morgan fingerprint density at radius 1 is 1.50 bits per heavy atom. The Bertz CT molecular complexity index is 237. The van der Waals surface area contributed by atoms with E-state index in [-0.39, 0.29) is 6.61 Å². The van der Waals surface area contributed by atoms with Crippen LogP contribution in [0.1, 0.15) is 5.56 Å². The molecule has 1 rings (SSSR count). The van der Waals surface area contributed by atoms with Crippen molar-refractivity contribution in [3.05, 3.63) is 23.8 Å². The molecule has 0 bridgehead atoms. The number of benzene rings is 1. The third-order valence-electron chi connectivity index (χ3n) is 1.34. The third-order valence-corrected chi connectivity index (χ3v) is 1.73. The molecule has 0 saturated heterocycles. The van der Waals surface area contributed by atoms with Crippen molar-refractivity contribution in [3.63, 3.8) is 0 Å². The fourth-order valence-corrected chi connectivity index (χ4v) is 0.967. The van der Waals surface area contributed by atoms with Gasteiger partial charge in [0.1, 0.15) is 0 Å². The lowest BCUT2D eigenvalue weighted by Gasteiger charge is -2.02. The molecule has 0 unspecified atom stereocenters. The molecule has 3 heteroatoms. The highest BCUT2D eigenvalue weighted by Crippen LogP contribution is 2.20. The summed E-state index contributed by atoms with van der Waals surface area (Å²) in [6, 6.07) is 5.37. The zero-order valence-electron chi connectivity index (χ0n) is 5.41. The number of nitrogen functional groups attached to an aromatic ring is 1. The number of anilines is 1. The molecular weight excluding hydrogens is 146 g/mol. The van der Waals surface area contributed by atoms with Crippen molar-refractivity contribution in [2.45, 2.75) is 11.5 Å². The second-order valence-electron chi connectivity index (χ2n) is 2.01. The van der Waals surface area contributed by atoms with E-state index in [1.54, 1.807) is 12.1 Å². The highest BCUT2D eigenvalue weighted by molar-refractivity contribution is 7.80. The van der Waals surface area contributed by atoms with E-state index in [1.807, 2.05) is 6.07 Å². The molecule has 0 aliphatic carbocycles. The van der Waals surface area contributed by atoms with Gasteiger partial charge in [0, 0.05) is 10.5 Å². The quantitative estimate of drug-likeness (QED) is 0.419. The van der Waals surface area contributed by atoms with Crippen LogP contribution in [0.2, 0.25) is 0 Å². The first-order valence-corrected chi connectivity index (χ1v) is 3.37. The van der Waals surface area contributed by atoms with Gasteiger partial charge >= 0.3 is 0 Å². The molecule has 0 aromatic heterocycles. The molecule has 0 aliphatic rings. The Hall–Kier alpha value is -0.670. The van der Waals surface area contributed by atoms with E-state index in [4.69, 9.17) is 10.8 Å². The first-order valence-electron chi connectivity index (χ1n) is 2.93. The molecule has 0 atom stereocenters. The molecule has 1 aromatic rings. The fourth-order valence-electron chi connectivity index (χ4n) is 0.737. The molecule has 0 fully saturated rings. The molecule has 1 aromatic carbocycles. The molecule has 3 N–H and O–H groups in total. The molecule has 0 radical (unpaired) electrons. The van der Waals surface area contributed by atoms with Gasteiger partial charge in [0.25, 0.3) is 0 Å². The summed E-state index contributed by atoms with van der Waals surface area (Å²) in [4.78, 5) is 0.714. The minimum Gasteiger partial charge on any atom is -0.398 e. The standard InChI is InChI=1S/C7H9NOS/c8-7-5(4-9)2-1-3-6(7)10/h1-3,9-10H,4,8H2. The van der Waals surface area contributed by atoms with E-state index >= 15 is 0 Å². The largest absolute Gasteiger partial charge is 0.398 e. The van der Waals surface area contributed by atoms with Crippen molar-refractivity contribution in [1.29, 1.82) is 0 Å². The number of hydrogen-bond acceptors (Lipinski definition) is 3. The van der Waals surface area contributed by atoms with Crippen LogP contribution >= 0.6 is 12.6 Å². The van der Waals surface area contributed by atoms with E-state index < -0.39 is 0 Å². The first kappa shape index (κ1) is 7.44. The summed E-state index contributed by atoms with van der Waals surface area (Å²) >= 11 is 4.09. The third kappa shape index (κ3) is 1.25. The van der Waals surface area contributed by atoms with Crippen molar-refractivity contribution in [2.75, 3.05) is 5.73 Å². The van der Waals surface area contributed by atoms with Crippen LogP contribution in [0.4, 0.5) is 5.69 Å². The predicted molar refractivity (Wildman–Crippen MR) is 44.0 cm³/mol. The Morgan fingerprint density at radius 3 is 2.70 bits per heavy atom. The zero-order valence-corrected chi connectivity index (χ0v) is 6.31. The van der Waals surface area contributed by atoms with Crippen LogP contribution in [0.25, 0.3) is 0 Å². The van der Waals surface area contributed by atoms with E-state index in [0.717, 1.165) is 5.56 Å². The van der Waals surface area contributed by atoms with Gasteiger partial charge in [0.05, 0.1) is 12.3 Å². The molecule has 54 valence electrons. The predicted octanol–water partition coefficient (Wildman–Crippen LogP) is 1.05. The first-order chi connectivity index (χ1) is 4.75. The van der Waals surface area contributed by atoms with Gasteiger partial charge in [0.2, 0.25) is 0 Å². The average Bonchev–Trinajstić information content (AvgIpc) is 1.95. The number of aliphatic hydroxyl groups is 1. The molecule has 2 nitrogen and oxygen atoms in total. The van der Waals surface area contributed by atoms with Crippen molar-refractivity contribution in [1.82, 2.24) is 0 Å². The van der Waals surface area contributed by atoms with Crippen LogP contribution in [-0.4, -0.2) is 5.11 Å². The molecule has 0 amide bonds. The van der Waals surface area contributed by atoms with Crippen molar-refractivity contribution in [3.8, 4) is 0 Å². The highest BCUT2D eigenvalue weighted by Gasteiger charge is 1.98. The second-order valence-corrected chi connectivity index (χ2v) is 2.49. The lowest BCUT2D eigenvalue weighted by Crippen LogP contribution is -1.94. The van der Waals surface area contributed by atoms with Gasteiger partial charge in [-0.1, -0.05) is 12.1 Å². The lowest BCUT2D eigenvalue weighted by atomic mass is 10.2. The number of nitrogens with two attached hydrogens (primary N) is 1. The molecule has 0 heterocycles. The lowest BCUT2D eigenvalue weighted by molar-refractivity contribution is 0.282. The van der Waals surface area contributed by atoms with Gasteiger partial charge in [-0.05, 0) is 6.07 Å². The van der Waals surface area contributed by atoms with Gasteiger partial charge in [-0.3, -0.25) is 0 Å². The summed E-state index contributed by atoms with van der Waals surface area (Å²) in [6.45, 7) is -0.0275. The highest BCUT2D eigenvalue weighted by atomic mass is 32.1. The van der Waals surface area contributed by atoms with Gasteiger partial charge in [-0.2, -0.15) is 0 Å². The van der Waals surface area contributed by atoms with Crippen molar-refractivity contribution >= 4 is 18.3 Å². The SMILES string of the molecule is Nc1c(S)cccc1CO. The molecule has 0 spiro atoms. The van der Waals surface area contributed by atoms with Crippen LogP contribution < -0.4 is 5.73 Å². The number of aliphatic hydroxyl groups excluding tert-OH is 1. The number of rotatable bonds is 1. The number of thiol groups is 1. The van der Waals surface area contributed by atoms with Crippen LogP contribution in [0.3, 0.4) is 0 Å². The monoisotopic (exact) mass is 155 g/mol. The summed E-state index contributed by atoms with van der Waals surface area (Å²) in [7, 11) is 0. The van der Waals surface area contributed by atoms with E-state index in [1.165, 1.54) is 0 Å². The Balaban J connectivity index is 3.14. The molecule has 10 heavy (non-hydrogen) atoms. The zero-order chi connectivity index (χ0) is 7.56. The summed E-state index contributed by atoms with van der Waals surface area (Å²) < 4.78 is 0. The normalized spacial score (nSPS) is 9.80. The maximum Gasteiger partial charge on any atom is 0.0702 e. The van der Waals surface area contributed by atoms with Gasteiger partial charge in [0.15, 0.2) is 0 Å². The van der Waals surface area contributed by atoms with E-state index in [9.17, 15) is 0 Å². The molecular formula is C7H9NOS. The summed E-state index contributed by atoms with van der Waals surface area (Å²) in [6.07, 6.45) is 0. The smallest absolute Gasteiger partial charge is 0.0702 e. The Labute approximate surface area is 65.1 Å². The maximum atomic E-state index is 8.73. The summed E-state index contributed by atoms with van der Waals surface area (Å²) in [5, 5.41) is 8.73. The van der Waals surface area contributed by atoms with Gasteiger partial charge in [-0.25, -0.2) is 0 Å². The maximum absolute atomic E-state index is 8.73. The van der Waals surface area contributed by atoms with E-state index in [0.29, 0.717) is 10.6 Å². The topological polar surface area (TPSA) is 46.2 Å². The van der Waals surface area contributed by atoms with Crippen LogP contribution in [0.15, 0.2) is 23.1 Å². The molecule has 0 aliphatic heterocycles. The van der Waals surface area contributed by atoms with E-state index in [2.05, 4.69) is 12.6 Å². The van der Waals surface area contributed by atoms with Crippen molar-refractivity contribution < 1.29 is 5.11 Å². The molecule has 0 saturated carbocycles. The minimum absolute atomic E-state index is 0.0275. The number of para-hydroxylation sites is 1. The second kappa shape index (κ2) is 2.94. The summed E-state index contributed by atoms with van der Waals surface area (Å²) in [5.41, 5.74) is 6.85. The van der Waals surface area contributed by atoms with Gasteiger partial charge in [-0.15, -0.1) is 12.6 Å². The van der Waals surface area contributed by atoms with Crippen LogP contribution in [0, 0.1) is 0 Å². The van der Waals surface area contributed by atoms with Crippen LogP contribution in [-0.2, 0) is 6.61 Å². The van der Waals surface area contributed by atoms with Gasteiger partial charge < -0.3 is 10.8 Å². The van der Waals surface area contributed by atoms with Crippen molar-refractivity contribution in [2.24, 2.45) is 0 Å². The average molecular weight is 155 g/mol. The Kier molecular flexibility index (Phi) is 2.19.